The summed E-state index contributed by atoms with van der Waals surface area (Å²) in [5.41, 5.74) is 1.96. The van der Waals surface area contributed by atoms with Crippen molar-refractivity contribution in [3.05, 3.63) is 66.0 Å². The van der Waals surface area contributed by atoms with E-state index in [1.54, 1.807) is 23.9 Å². The molecule has 0 unspecified atom stereocenters. The normalized spacial score (nSPS) is 10.5. The van der Waals surface area contributed by atoms with Crippen molar-refractivity contribution in [2.45, 2.75) is 5.75 Å². The number of benzene rings is 2. The van der Waals surface area contributed by atoms with Gasteiger partial charge >= 0.3 is 0 Å². The van der Waals surface area contributed by atoms with Crippen molar-refractivity contribution in [2.75, 3.05) is 11.1 Å². The van der Waals surface area contributed by atoms with E-state index < -0.39 is 0 Å². The van der Waals surface area contributed by atoms with Gasteiger partial charge in [0.05, 0.1) is 5.75 Å². The molecule has 0 aliphatic rings. The highest BCUT2D eigenvalue weighted by Gasteiger charge is 2.10. The Bertz CT molecular complexity index is 806. The van der Waals surface area contributed by atoms with Crippen LogP contribution in [0.5, 0.6) is 0 Å². The Morgan fingerprint density at radius 3 is 2.58 bits per heavy atom. The highest BCUT2D eigenvalue weighted by Crippen LogP contribution is 2.26. The minimum Gasteiger partial charge on any atom is -0.300 e. The van der Waals surface area contributed by atoms with Crippen molar-refractivity contribution < 1.29 is 9.18 Å². The molecule has 0 atom stereocenters. The van der Waals surface area contributed by atoms with E-state index in [0.29, 0.717) is 15.9 Å². The van der Waals surface area contributed by atoms with Crippen molar-refractivity contribution in [1.29, 1.82) is 0 Å². The number of carbonyl (C=O) groups is 1. The first kappa shape index (κ1) is 16.6. The Morgan fingerprint density at radius 2 is 1.83 bits per heavy atom. The summed E-state index contributed by atoms with van der Waals surface area (Å²) in [6.45, 7) is 0. The van der Waals surface area contributed by atoms with Crippen LogP contribution in [0.25, 0.3) is 10.6 Å². The molecule has 24 heavy (non-hydrogen) atoms. The fraction of sp³-hybridized carbons (Fsp3) is 0.118. The summed E-state index contributed by atoms with van der Waals surface area (Å²) in [7, 11) is 0. The quantitative estimate of drug-likeness (QED) is 0.716. The summed E-state index contributed by atoms with van der Waals surface area (Å²) in [5, 5.41) is 11.8. The molecule has 3 rings (SSSR count). The maximum atomic E-state index is 12.9. The number of thioether (sulfide) groups is 1. The smallest absolute Gasteiger partial charge is 0.236 e. The summed E-state index contributed by atoms with van der Waals surface area (Å²) in [6, 6.07) is 16.0. The fourth-order valence-electron chi connectivity index (χ4n) is 1.97. The van der Waals surface area contributed by atoms with Crippen LogP contribution in [0, 0.1) is 5.82 Å². The predicted molar refractivity (Wildman–Crippen MR) is 96.5 cm³/mol. The zero-order chi connectivity index (χ0) is 16.8. The standard InChI is InChI=1S/C17H14FN3OS2/c18-14-8-6-13(7-9-14)16-20-21-17(24-16)19-15(22)11-23-10-12-4-2-1-3-5-12/h1-9H,10-11H2,(H,19,21,22). The number of carbonyl (C=O) groups excluding carboxylic acids is 1. The van der Waals surface area contributed by atoms with Crippen LogP contribution in [0.1, 0.15) is 5.56 Å². The number of hydrogen-bond donors (Lipinski definition) is 1. The van der Waals surface area contributed by atoms with Crippen LogP contribution in [0.4, 0.5) is 9.52 Å². The van der Waals surface area contributed by atoms with Crippen LogP contribution >= 0.6 is 23.1 Å². The van der Waals surface area contributed by atoms with Gasteiger partial charge in [-0.15, -0.1) is 22.0 Å². The number of nitrogens with one attached hydrogen (secondary N) is 1. The van der Waals surface area contributed by atoms with Crippen LogP contribution in [-0.4, -0.2) is 21.9 Å². The third kappa shape index (κ3) is 4.62. The molecule has 1 aromatic heterocycles. The maximum absolute atomic E-state index is 12.9. The molecule has 0 spiro atoms. The number of nitrogens with zero attached hydrogens (tertiary/aromatic N) is 2. The molecule has 0 aliphatic carbocycles. The Balaban J connectivity index is 1.51. The van der Waals surface area contributed by atoms with Gasteiger partial charge < -0.3 is 0 Å². The average molecular weight is 359 g/mol. The van der Waals surface area contributed by atoms with Gasteiger partial charge in [-0.3, -0.25) is 10.1 Å². The SMILES string of the molecule is O=C(CSCc1ccccc1)Nc1nnc(-c2ccc(F)cc2)s1. The number of aromatic nitrogens is 2. The van der Waals surface area contributed by atoms with E-state index in [4.69, 9.17) is 0 Å². The molecule has 0 radical (unpaired) electrons. The number of hydrogen-bond acceptors (Lipinski definition) is 5. The van der Waals surface area contributed by atoms with E-state index >= 15 is 0 Å². The lowest BCUT2D eigenvalue weighted by Gasteiger charge is -2.02. The lowest BCUT2D eigenvalue weighted by molar-refractivity contribution is -0.113. The summed E-state index contributed by atoms with van der Waals surface area (Å²) in [5.74, 6) is 0.718. The summed E-state index contributed by atoms with van der Waals surface area (Å²) in [4.78, 5) is 12.0. The Morgan fingerprint density at radius 1 is 1.08 bits per heavy atom. The van der Waals surface area contributed by atoms with Gasteiger partial charge in [-0.25, -0.2) is 4.39 Å². The Labute approximate surface area is 147 Å². The molecule has 3 aromatic rings. The minimum atomic E-state index is -0.299. The van der Waals surface area contributed by atoms with Crippen LogP contribution in [-0.2, 0) is 10.5 Å². The molecule has 0 fully saturated rings. The highest BCUT2D eigenvalue weighted by atomic mass is 32.2. The molecule has 2 aromatic carbocycles. The van der Waals surface area contributed by atoms with Crippen LogP contribution < -0.4 is 5.32 Å². The highest BCUT2D eigenvalue weighted by molar-refractivity contribution is 7.99. The molecule has 122 valence electrons. The molecule has 1 heterocycles. The first-order valence-electron chi connectivity index (χ1n) is 7.22. The van der Waals surface area contributed by atoms with Crippen molar-refractivity contribution in [1.82, 2.24) is 10.2 Å². The van der Waals surface area contributed by atoms with E-state index in [-0.39, 0.29) is 11.7 Å². The van der Waals surface area contributed by atoms with Crippen LogP contribution in [0.2, 0.25) is 0 Å². The summed E-state index contributed by atoms with van der Waals surface area (Å²) in [6.07, 6.45) is 0. The van der Waals surface area contributed by atoms with Gasteiger partial charge in [0.1, 0.15) is 10.8 Å². The molecule has 0 saturated carbocycles. The third-order valence-electron chi connectivity index (χ3n) is 3.11. The van der Waals surface area contributed by atoms with Crippen molar-refractivity contribution in [2.24, 2.45) is 0 Å². The number of halogens is 1. The van der Waals surface area contributed by atoms with Gasteiger partial charge in [0.2, 0.25) is 11.0 Å². The molecule has 0 saturated heterocycles. The van der Waals surface area contributed by atoms with E-state index in [9.17, 15) is 9.18 Å². The van der Waals surface area contributed by atoms with Crippen LogP contribution in [0.3, 0.4) is 0 Å². The van der Waals surface area contributed by atoms with E-state index in [1.807, 2.05) is 30.3 Å². The molecule has 1 N–H and O–H groups in total. The number of amides is 1. The predicted octanol–water partition coefficient (Wildman–Crippen LogP) is 4.22. The molecular weight excluding hydrogens is 345 g/mol. The Kier molecular flexibility index (Phi) is 5.55. The summed E-state index contributed by atoms with van der Waals surface area (Å²) >= 11 is 2.81. The zero-order valence-corrected chi connectivity index (χ0v) is 14.2. The van der Waals surface area contributed by atoms with E-state index in [2.05, 4.69) is 15.5 Å². The molecule has 0 aliphatic heterocycles. The van der Waals surface area contributed by atoms with Crippen molar-refractivity contribution in [3.8, 4) is 10.6 Å². The second-order valence-electron chi connectivity index (χ2n) is 4.95. The number of anilines is 1. The van der Waals surface area contributed by atoms with Gasteiger partial charge in [0.15, 0.2) is 0 Å². The lowest BCUT2D eigenvalue weighted by atomic mass is 10.2. The third-order valence-corrected chi connectivity index (χ3v) is 5.00. The van der Waals surface area contributed by atoms with Crippen LogP contribution in [0.15, 0.2) is 54.6 Å². The monoisotopic (exact) mass is 359 g/mol. The summed E-state index contributed by atoms with van der Waals surface area (Å²) < 4.78 is 12.9. The van der Waals surface area contributed by atoms with Gasteiger partial charge in [-0.05, 0) is 29.8 Å². The first-order chi connectivity index (χ1) is 11.7. The maximum Gasteiger partial charge on any atom is 0.236 e. The lowest BCUT2D eigenvalue weighted by Crippen LogP contribution is -2.13. The van der Waals surface area contributed by atoms with Gasteiger partial charge in [0.25, 0.3) is 0 Å². The van der Waals surface area contributed by atoms with Gasteiger partial charge in [-0.2, -0.15) is 0 Å². The Hall–Kier alpha value is -2.25. The molecule has 1 amide bonds. The average Bonchev–Trinajstić information content (AvgIpc) is 3.05. The fourth-order valence-corrected chi connectivity index (χ4v) is 3.53. The second-order valence-corrected chi connectivity index (χ2v) is 6.91. The van der Waals surface area contributed by atoms with Crippen molar-refractivity contribution in [3.63, 3.8) is 0 Å². The topological polar surface area (TPSA) is 54.9 Å². The van der Waals surface area contributed by atoms with E-state index in [0.717, 1.165) is 11.3 Å². The molecule has 4 nitrogen and oxygen atoms in total. The number of rotatable bonds is 6. The second kappa shape index (κ2) is 8.03. The first-order valence-corrected chi connectivity index (χ1v) is 9.19. The molecule has 0 bridgehead atoms. The van der Waals surface area contributed by atoms with E-state index in [1.165, 1.54) is 29.0 Å². The van der Waals surface area contributed by atoms with Gasteiger partial charge in [-0.1, -0.05) is 41.7 Å². The largest absolute Gasteiger partial charge is 0.300 e. The van der Waals surface area contributed by atoms with Gasteiger partial charge in [0, 0.05) is 11.3 Å². The van der Waals surface area contributed by atoms with Crippen molar-refractivity contribution >= 4 is 34.1 Å². The zero-order valence-electron chi connectivity index (χ0n) is 12.6. The minimum absolute atomic E-state index is 0.113. The molecular formula is C17H14FN3OS2. The molecule has 7 heteroatoms.